The Morgan fingerprint density at radius 2 is 2.04 bits per heavy atom. The van der Waals surface area contributed by atoms with E-state index in [1.165, 1.54) is 5.56 Å². The SMILES string of the molecule is Cc1nn(C)cc1[C@H]1OCC[C@@H]1NC1CCN(c2ccccn2)CC1. The molecule has 6 nitrogen and oxygen atoms in total. The summed E-state index contributed by atoms with van der Waals surface area (Å²) >= 11 is 0. The fourth-order valence-electron chi connectivity index (χ4n) is 4.08. The van der Waals surface area contributed by atoms with E-state index >= 15 is 0 Å². The summed E-state index contributed by atoms with van der Waals surface area (Å²) in [5.74, 6) is 1.09. The molecule has 2 aromatic heterocycles. The molecule has 2 aliphatic heterocycles. The van der Waals surface area contributed by atoms with Gasteiger partial charge in [-0.2, -0.15) is 5.10 Å². The lowest BCUT2D eigenvalue weighted by Gasteiger charge is -2.35. The Balaban J connectivity index is 1.36. The van der Waals surface area contributed by atoms with Crippen molar-refractivity contribution in [3.8, 4) is 0 Å². The van der Waals surface area contributed by atoms with Crippen LogP contribution in [0.1, 0.15) is 36.6 Å². The van der Waals surface area contributed by atoms with Crippen LogP contribution in [0.3, 0.4) is 0 Å². The molecule has 0 spiro atoms. The summed E-state index contributed by atoms with van der Waals surface area (Å²) in [6, 6.07) is 7.06. The van der Waals surface area contributed by atoms with Crippen LogP contribution in [-0.4, -0.2) is 46.5 Å². The highest BCUT2D eigenvalue weighted by molar-refractivity contribution is 5.38. The van der Waals surface area contributed by atoms with Gasteiger partial charge in [0.15, 0.2) is 0 Å². The zero-order valence-electron chi connectivity index (χ0n) is 15.1. The first-order valence-electron chi connectivity index (χ1n) is 9.24. The minimum atomic E-state index is 0.127. The van der Waals surface area contributed by atoms with Gasteiger partial charge >= 0.3 is 0 Å². The summed E-state index contributed by atoms with van der Waals surface area (Å²) in [6.07, 6.45) is 7.46. The smallest absolute Gasteiger partial charge is 0.128 e. The van der Waals surface area contributed by atoms with E-state index in [1.54, 1.807) is 0 Å². The van der Waals surface area contributed by atoms with Gasteiger partial charge in [-0.1, -0.05) is 6.07 Å². The van der Waals surface area contributed by atoms with Crippen LogP contribution in [0.4, 0.5) is 5.82 Å². The molecule has 0 unspecified atom stereocenters. The molecule has 2 fully saturated rings. The predicted molar refractivity (Wildman–Crippen MR) is 97.7 cm³/mol. The van der Waals surface area contributed by atoms with Gasteiger partial charge in [-0.15, -0.1) is 0 Å². The van der Waals surface area contributed by atoms with Gasteiger partial charge in [-0.05, 0) is 38.3 Å². The predicted octanol–water partition coefficient (Wildman–Crippen LogP) is 2.21. The average Bonchev–Trinajstić information content (AvgIpc) is 3.22. The molecule has 134 valence electrons. The molecule has 2 saturated heterocycles. The minimum Gasteiger partial charge on any atom is -0.372 e. The van der Waals surface area contributed by atoms with Gasteiger partial charge in [0, 0.05) is 56.8 Å². The molecular formula is C19H27N5O. The van der Waals surface area contributed by atoms with Crippen molar-refractivity contribution in [2.24, 2.45) is 7.05 Å². The number of nitrogens with one attached hydrogen (secondary N) is 1. The first-order chi connectivity index (χ1) is 12.2. The topological polar surface area (TPSA) is 55.2 Å². The number of aromatic nitrogens is 3. The van der Waals surface area contributed by atoms with E-state index < -0.39 is 0 Å². The van der Waals surface area contributed by atoms with Crippen LogP contribution >= 0.6 is 0 Å². The van der Waals surface area contributed by atoms with E-state index in [2.05, 4.69) is 45.6 Å². The van der Waals surface area contributed by atoms with Crippen LogP contribution in [-0.2, 0) is 11.8 Å². The van der Waals surface area contributed by atoms with Crippen LogP contribution < -0.4 is 10.2 Å². The number of nitrogens with zero attached hydrogens (tertiary/aromatic N) is 4. The van der Waals surface area contributed by atoms with E-state index in [0.717, 1.165) is 50.5 Å². The van der Waals surface area contributed by atoms with Crippen molar-refractivity contribution in [3.05, 3.63) is 41.9 Å². The van der Waals surface area contributed by atoms with E-state index in [1.807, 2.05) is 24.0 Å². The van der Waals surface area contributed by atoms with Gasteiger partial charge in [0.1, 0.15) is 11.9 Å². The zero-order valence-corrected chi connectivity index (χ0v) is 15.1. The molecule has 0 radical (unpaired) electrons. The van der Waals surface area contributed by atoms with Crippen LogP contribution in [0.2, 0.25) is 0 Å². The van der Waals surface area contributed by atoms with Crippen LogP contribution in [0.15, 0.2) is 30.6 Å². The van der Waals surface area contributed by atoms with Crippen molar-refractivity contribution >= 4 is 5.82 Å². The summed E-state index contributed by atoms with van der Waals surface area (Å²) in [4.78, 5) is 6.85. The Bertz CT molecular complexity index is 693. The highest BCUT2D eigenvalue weighted by atomic mass is 16.5. The highest BCUT2D eigenvalue weighted by Crippen LogP contribution is 2.32. The van der Waals surface area contributed by atoms with Gasteiger partial charge in [0.25, 0.3) is 0 Å². The molecule has 6 heteroatoms. The Morgan fingerprint density at radius 1 is 1.20 bits per heavy atom. The van der Waals surface area contributed by atoms with Gasteiger partial charge < -0.3 is 15.0 Å². The van der Waals surface area contributed by atoms with Crippen LogP contribution in [0, 0.1) is 6.92 Å². The Kier molecular flexibility index (Phi) is 4.72. The number of rotatable bonds is 4. The summed E-state index contributed by atoms with van der Waals surface area (Å²) in [5, 5.41) is 8.34. The monoisotopic (exact) mass is 341 g/mol. The molecule has 0 bridgehead atoms. The maximum Gasteiger partial charge on any atom is 0.128 e. The second kappa shape index (κ2) is 7.14. The second-order valence-corrected chi connectivity index (χ2v) is 7.15. The first kappa shape index (κ1) is 16.5. The van der Waals surface area contributed by atoms with Crippen molar-refractivity contribution in [1.29, 1.82) is 0 Å². The van der Waals surface area contributed by atoms with Crippen molar-refractivity contribution < 1.29 is 4.74 Å². The van der Waals surface area contributed by atoms with E-state index in [4.69, 9.17) is 4.74 Å². The number of pyridine rings is 1. The van der Waals surface area contributed by atoms with Gasteiger partial charge in [-0.25, -0.2) is 4.98 Å². The highest BCUT2D eigenvalue weighted by Gasteiger charge is 2.34. The van der Waals surface area contributed by atoms with Crippen molar-refractivity contribution in [2.45, 2.75) is 44.4 Å². The van der Waals surface area contributed by atoms with Crippen molar-refractivity contribution in [2.75, 3.05) is 24.6 Å². The molecular weight excluding hydrogens is 314 g/mol. The number of anilines is 1. The quantitative estimate of drug-likeness (QED) is 0.924. The fourth-order valence-corrected chi connectivity index (χ4v) is 4.08. The molecule has 0 aliphatic carbocycles. The van der Waals surface area contributed by atoms with E-state index in [0.29, 0.717) is 12.1 Å². The molecule has 4 heterocycles. The number of aryl methyl sites for hydroxylation is 2. The third-order valence-corrected chi connectivity index (χ3v) is 5.37. The zero-order chi connectivity index (χ0) is 17.2. The van der Waals surface area contributed by atoms with Gasteiger partial charge in [0.2, 0.25) is 0 Å². The summed E-state index contributed by atoms with van der Waals surface area (Å²) in [6.45, 7) is 5.00. The molecule has 2 aromatic rings. The molecule has 0 aromatic carbocycles. The van der Waals surface area contributed by atoms with E-state index in [9.17, 15) is 0 Å². The number of ether oxygens (including phenoxy) is 1. The van der Waals surface area contributed by atoms with Crippen molar-refractivity contribution in [3.63, 3.8) is 0 Å². The van der Waals surface area contributed by atoms with Crippen LogP contribution in [0.5, 0.6) is 0 Å². The molecule has 2 atom stereocenters. The molecule has 2 aliphatic rings. The first-order valence-corrected chi connectivity index (χ1v) is 9.24. The fraction of sp³-hybridized carbons (Fsp3) is 0.579. The molecule has 0 amide bonds. The second-order valence-electron chi connectivity index (χ2n) is 7.15. The maximum absolute atomic E-state index is 6.04. The lowest BCUT2D eigenvalue weighted by atomic mass is 9.98. The van der Waals surface area contributed by atoms with Gasteiger partial charge in [0.05, 0.1) is 5.69 Å². The Morgan fingerprint density at radius 3 is 2.72 bits per heavy atom. The number of hydrogen-bond donors (Lipinski definition) is 1. The normalized spacial score (nSPS) is 24.8. The lowest BCUT2D eigenvalue weighted by Crippen LogP contribution is -2.47. The molecule has 0 saturated carbocycles. The Labute approximate surface area is 149 Å². The van der Waals surface area contributed by atoms with Crippen molar-refractivity contribution in [1.82, 2.24) is 20.1 Å². The summed E-state index contributed by atoms with van der Waals surface area (Å²) in [7, 11) is 1.97. The average molecular weight is 341 g/mol. The van der Waals surface area contributed by atoms with E-state index in [-0.39, 0.29) is 6.10 Å². The standard InChI is InChI=1S/C19H27N5O/c1-14-16(13-23(2)22-14)19-17(8-12-25-19)21-15-6-10-24(11-7-15)18-5-3-4-9-20-18/h3-5,9,13,15,17,19,21H,6-8,10-12H2,1-2H3/t17-,19+/m0/s1. The lowest BCUT2D eigenvalue weighted by molar-refractivity contribution is 0.0949. The Hall–Kier alpha value is -1.92. The third kappa shape index (κ3) is 3.55. The summed E-state index contributed by atoms with van der Waals surface area (Å²) < 4.78 is 7.93. The third-order valence-electron chi connectivity index (χ3n) is 5.37. The maximum atomic E-state index is 6.04. The number of piperidine rings is 1. The van der Waals surface area contributed by atoms with Crippen LogP contribution in [0.25, 0.3) is 0 Å². The minimum absolute atomic E-state index is 0.127. The largest absolute Gasteiger partial charge is 0.372 e. The van der Waals surface area contributed by atoms with Gasteiger partial charge in [-0.3, -0.25) is 4.68 Å². The molecule has 25 heavy (non-hydrogen) atoms. The summed E-state index contributed by atoms with van der Waals surface area (Å²) in [5.41, 5.74) is 2.30. The molecule has 1 N–H and O–H groups in total. The molecule has 4 rings (SSSR count). The number of hydrogen-bond acceptors (Lipinski definition) is 5.